The SMILES string of the molecule is COc1ccc(CONC(=O)CCS(=O)(=O)N(C)c2ccccc2)c(OC)c1. The van der Waals surface area contributed by atoms with Crippen LogP contribution >= 0.6 is 0 Å². The van der Waals surface area contributed by atoms with Crippen LogP contribution in [0, 0.1) is 0 Å². The number of benzene rings is 2. The number of rotatable bonds is 10. The summed E-state index contributed by atoms with van der Waals surface area (Å²) in [5, 5.41) is 0. The third-order valence-corrected chi connectivity index (χ3v) is 5.80. The number of carbonyl (C=O) groups is 1. The first-order valence-corrected chi connectivity index (χ1v) is 10.1. The number of carbonyl (C=O) groups excluding carboxylic acids is 1. The molecule has 0 unspecified atom stereocenters. The van der Waals surface area contributed by atoms with Crippen molar-refractivity contribution in [3.05, 3.63) is 54.1 Å². The van der Waals surface area contributed by atoms with Crippen LogP contribution in [0.1, 0.15) is 12.0 Å². The third-order valence-electron chi connectivity index (χ3n) is 4.03. The fourth-order valence-electron chi connectivity index (χ4n) is 2.37. The predicted molar refractivity (Wildman–Crippen MR) is 106 cm³/mol. The van der Waals surface area contributed by atoms with E-state index in [1.807, 2.05) is 0 Å². The van der Waals surface area contributed by atoms with E-state index in [9.17, 15) is 13.2 Å². The molecule has 0 aliphatic heterocycles. The number of hydroxylamine groups is 1. The lowest BCUT2D eigenvalue weighted by Crippen LogP contribution is -2.32. The molecule has 0 heterocycles. The number of amides is 1. The number of sulfonamides is 1. The summed E-state index contributed by atoms with van der Waals surface area (Å²) in [6.07, 6.45) is -0.223. The summed E-state index contributed by atoms with van der Waals surface area (Å²) >= 11 is 0. The zero-order valence-corrected chi connectivity index (χ0v) is 16.9. The number of nitrogens with zero attached hydrogens (tertiary/aromatic N) is 1. The van der Waals surface area contributed by atoms with Crippen molar-refractivity contribution >= 4 is 21.6 Å². The number of hydrogen-bond donors (Lipinski definition) is 1. The average Bonchev–Trinajstić information content (AvgIpc) is 2.72. The van der Waals surface area contributed by atoms with Gasteiger partial charge in [0.15, 0.2) is 0 Å². The summed E-state index contributed by atoms with van der Waals surface area (Å²) in [4.78, 5) is 17.1. The molecule has 152 valence electrons. The van der Waals surface area contributed by atoms with E-state index >= 15 is 0 Å². The van der Waals surface area contributed by atoms with E-state index in [0.29, 0.717) is 22.7 Å². The van der Waals surface area contributed by atoms with E-state index < -0.39 is 15.9 Å². The molecular weight excluding hydrogens is 384 g/mol. The van der Waals surface area contributed by atoms with Crippen molar-refractivity contribution < 1.29 is 27.5 Å². The molecular formula is C19H24N2O6S. The fraction of sp³-hybridized carbons (Fsp3) is 0.316. The van der Waals surface area contributed by atoms with Crippen molar-refractivity contribution in [1.82, 2.24) is 5.48 Å². The van der Waals surface area contributed by atoms with Gasteiger partial charge in [-0.3, -0.25) is 13.9 Å². The minimum absolute atomic E-state index is 0.0651. The van der Waals surface area contributed by atoms with Crippen molar-refractivity contribution in [2.45, 2.75) is 13.0 Å². The van der Waals surface area contributed by atoms with Crippen LogP contribution in [-0.2, 0) is 26.3 Å². The predicted octanol–water partition coefficient (Wildman–Crippen LogP) is 2.11. The molecule has 2 aromatic carbocycles. The second kappa shape index (κ2) is 9.95. The molecule has 0 radical (unpaired) electrons. The van der Waals surface area contributed by atoms with Crippen molar-refractivity contribution in [2.24, 2.45) is 0 Å². The lowest BCUT2D eigenvalue weighted by atomic mass is 10.2. The van der Waals surface area contributed by atoms with E-state index in [2.05, 4.69) is 5.48 Å². The maximum atomic E-state index is 12.4. The number of para-hydroxylation sites is 1. The molecule has 9 heteroatoms. The zero-order valence-electron chi connectivity index (χ0n) is 16.0. The van der Waals surface area contributed by atoms with E-state index in [1.165, 1.54) is 14.2 Å². The number of methoxy groups -OCH3 is 2. The van der Waals surface area contributed by atoms with Gasteiger partial charge in [0.25, 0.3) is 0 Å². The molecule has 0 bridgehead atoms. The Morgan fingerprint density at radius 1 is 1.07 bits per heavy atom. The largest absolute Gasteiger partial charge is 0.497 e. The van der Waals surface area contributed by atoms with E-state index in [4.69, 9.17) is 14.3 Å². The summed E-state index contributed by atoms with van der Waals surface area (Å²) in [5.41, 5.74) is 3.50. The highest BCUT2D eigenvalue weighted by atomic mass is 32.2. The molecule has 0 aliphatic rings. The summed E-state index contributed by atoms with van der Waals surface area (Å²) < 4.78 is 36.2. The van der Waals surface area contributed by atoms with Crippen molar-refractivity contribution in [1.29, 1.82) is 0 Å². The normalized spacial score (nSPS) is 11.0. The lowest BCUT2D eigenvalue weighted by molar-refractivity contribution is -0.134. The van der Waals surface area contributed by atoms with Crippen LogP contribution in [0.5, 0.6) is 11.5 Å². The molecule has 28 heavy (non-hydrogen) atoms. The Hall–Kier alpha value is -2.78. The summed E-state index contributed by atoms with van der Waals surface area (Å²) in [5.74, 6) is 0.329. The highest BCUT2D eigenvalue weighted by molar-refractivity contribution is 7.92. The summed E-state index contributed by atoms with van der Waals surface area (Å²) in [6.45, 7) is 0.0651. The van der Waals surface area contributed by atoms with Crippen molar-refractivity contribution in [3.8, 4) is 11.5 Å². The number of hydrogen-bond acceptors (Lipinski definition) is 6. The van der Waals surface area contributed by atoms with Gasteiger partial charge in [0, 0.05) is 25.1 Å². The molecule has 0 aliphatic carbocycles. The molecule has 0 saturated heterocycles. The Morgan fingerprint density at radius 3 is 2.43 bits per heavy atom. The van der Waals surface area contributed by atoms with Gasteiger partial charge in [-0.15, -0.1) is 0 Å². The minimum atomic E-state index is -3.62. The molecule has 1 amide bonds. The van der Waals surface area contributed by atoms with Crippen molar-refractivity contribution in [3.63, 3.8) is 0 Å². The van der Waals surface area contributed by atoms with Crippen LogP contribution in [0.4, 0.5) is 5.69 Å². The second-order valence-electron chi connectivity index (χ2n) is 5.86. The zero-order chi connectivity index (χ0) is 20.6. The van der Waals surface area contributed by atoms with Gasteiger partial charge in [-0.1, -0.05) is 18.2 Å². The van der Waals surface area contributed by atoms with Crippen LogP contribution in [0.15, 0.2) is 48.5 Å². The highest BCUT2D eigenvalue weighted by Gasteiger charge is 2.20. The van der Waals surface area contributed by atoms with Crippen LogP contribution in [0.25, 0.3) is 0 Å². The Balaban J connectivity index is 1.83. The van der Waals surface area contributed by atoms with Crippen LogP contribution < -0.4 is 19.3 Å². The first-order valence-electron chi connectivity index (χ1n) is 8.50. The minimum Gasteiger partial charge on any atom is -0.497 e. The molecule has 8 nitrogen and oxygen atoms in total. The van der Waals surface area contributed by atoms with Gasteiger partial charge in [-0.05, 0) is 24.3 Å². The molecule has 2 rings (SSSR count). The van der Waals surface area contributed by atoms with Gasteiger partial charge in [-0.2, -0.15) is 0 Å². The Morgan fingerprint density at radius 2 is 1.79 bits per heavy atom. The van der Waals surface area contributed by atoms with E-state index in [-0.39, 0.29) is 18.8 Å². The third kappa shape index (κ3) is 5.86. The topological polar surface area (TPSA) is 94.2 Å². The molecule has 0 atom stereocenters. The van der Waals surface area contributed by atoms with Gasteiger partial charge in [0.1, 0.15) is 18.1 Å². The molecule has 0 fully saturated rings. The maximum Gasteiger partial charge on any atom is 0.244 e. The average molecular weight is 408 g/mol. The monoisotopic (exact) mass is 408 g/mol. The number of anilines is 1. The van der Waals surface area contributed by atoms with Gasteiger partial charge in [-0.25, -0.2) is 13.9 Å². The molecule has 0 saturated carbocycles. The van der Waals surface area contributed by atoms with Crippen LogP contribution in [0.2, 0.25) is 0 Å². The standard InChI is InChI=1S/C19H24N2O6S/c1-21(16-7-5-4-6-8-16)28(23,24)12-11-19(22)20-27-14-15-9-10-17(25-2)13-18(15)26-3/h4-10,13H,11-12,14H2,1-3H3,(H,20,22). The molecule has 1 N–H and O–H groups in total. The smallest absolute Gasteiger partial charge is 0.244 e. The first-order chi connectivity index (χ1) is 13.4. The van der Waals surface area contributed by atoms with Gasteiger partial charge in [0.05, 0.1) is 25.7 Å². The Bertz CT molecular complexity index is 887. The molecule has 0 aromatic heterocycles. The fourth-order valence-corrected chi connectivity index (χ4v) is 3.53. The van der Waals surface area contributed by atoms with Gasteiger partial charge in [0.2, 0.25) is 15.9 Å². The first kappa shape index (κ1) is 21.5. The summed E-state index contributed by atoms with van der Waals surface area (Å²) in [7, 11) is 0.901. The van der Waals surface area contributed by atoms with Crippen molar-refractivity contribution in [2.75, 3.05) is 31.3 Å². The number of ether oxygens (including phenoxy) is 2. The van der Waals surface area contributed by atoms with Gasteiger partial charge >= 0.3 is 0 Å². The molecule has 0 spiro atoms. The summed E-state index contributed by atoms with van der Waals surface area (Å²) in [6, 6.07) is 13.9. The van der Waals surface area contributed by atoms with E-state index in [1.54, 1.807) is 55.6 Å². The van der Waals surface area contributed by atoms with Crippen LogP contribution in [-0.4, -0.2) is 41.3 Å². The maximum absolute atomic E-state index is 12.4. The highest BCUT2D eigenvalue weighted by Crippen LogP contribution is 2.24. The number of nitrogens with one attached hydrogen (secondary N) is 1. The van der Waals surface area contributed by atoms with E-state index in [0.717, 1.165) is 4.31 Å². The lowest BCUT2D eigenvalue weighted by Gasteiger charge is -2.19. The van der Waals surface area contributed by atoms with Gasteiger partial charge < -0.3 is 9.47 Å². The Labute approximate surface area is 165 Å². The quantitative estimate of drug-likeness (QED) is 0.605. The second-order valence-corrected chi connectivity index (χ2v) is 7.98. The Kier molecular flexibility index (Phi) is 7.65. The molecule has 2 aromatic rings. The van der Waals surface area contributed by atoms with Crippen LogP contribution in [0.3, 0.4) is 0 Å².